The van der Waals surface area contributed by atoms with E-state index in [2.05, 4.69) is 10.0 Å². The van der Waals surface area contributed by atoms with Crippen LogP contribution in [0.3, 0.4) is 0 Å². The quantitative estimate of drug-likeness (QED) is 0.749. The third-order valence-corrected chi connectivity index (χ3v) is 5.47. The maximum absolute atomic E-state index is 12.2. The molecule has 1 aliphatic heterocycles. The zero-order valence-electron chi connectivity index (χ0n) is 10.2. The molecule has 1 unspecified atom stereocenters. The lowest BCUT2D eigenvalue weighted by atomic mass is 9.82. The molecule has 17 heavy (non-hydrogen) atoms. The van der Waals surface area contributed by atoms with Gasteiger partial charge in [0, 0.05) is 6.54 Å². The minimum atomic E-state index is -3.41. The van der Waals surface area contributed by atoms with Crippen LogP contribution in [0.15, 0.2) is 0 Å². The molecule has 5 nitrogen and oxygen atoms in total. The van der Waals surface area contributed by atoms with Gasteiger partial charge in [-0.2, -0.15) is 0 Å². The molecule has 1 saturated heterocycles. The first-order chi connectivity index (χ1) is 8.00. The van der Waals surface area contributed by atoms with Crippen LogP contribution in [0.5, 0.6) is 0 Å². The van der Waals surface area contributed by atoms with Gasteiger partial charge < -0.3 is 5.32 Å². The Kier molecular flexibility index (Phi) is 3.45. The van der Waals surface area contributed by atoms with Crippen LogP contribution < -0.4 is 10.0 Å². The van der Waals surface area contributed by atoms with Crippen molar-refractivity contribution in [2.75, 3.05) is 13.1 Å². The predicted molar refractivity (Wildman–Crippen MR) is 64.9 cm³/mol. The number of rotatable bonds is 5. The van der Waals surface area contributed by atoms with Gasteiger partial charge in [-0.15, -0.1) is 0 Å². The standard InChI is InChI=1S/C11H20N2O3S/c1-2-5-11(6-7-12-8-11)10(14)13-17(15,16)9-3-4-9/h9,12H,2-8H2,1H3,(H,13,14). The van der Waals surface area contributed by atoms with E-state index in [1.807, 2.05) is 6.92 Å². The number of sulfonamides is 1. The van der Waals surface area contributed by atoms with Gasteiger partial charge in [0.05, 0.1) is 10.7 Å². The van der Waals surface area contributed by atoms with E-state index >= 15 is 0 Å². The molecule has 0 aromatic heterocycles. The maximum Gasteiger partial charge on any atom is 0.240 e. The number of hydrogen-bond donors (Lipinski definition) is 2. The third kappa shape index (κ3) is 2.63. The van der Waals surface area contributed by atoms with Crippen molar-refractivity contribution < 1.29 is 13.2 Å². The van der Waals surface area contributed by atoms with Crippen LogP contribution in [-0.4, -0.2) is 32.7 Å². The zero-order valence-corrected chi connectivity index (χ0v) is 11.0. The Hall–Kier alpha value is -0.620. The Morgan fingerprint density at radius 1 is 1.47 bits per heavy atom. The highest BCUT2D eigenvalue weighted by atomic mass is 32.2. The monoisotopic (exact) mass is 260 g/mol. The second-order valence-corrected chi connectivity index (χ2v) is 7.09. The minimum Gasteiger partial charge on any atom is -0.316 e. The van der Waals surface area contributed by atoms with Gasteiger partial charge in [-0.3, -0.25) is 9.52 Å². The van der Waals surface area contributed by atoms with Gasteiger partial charge >= 0.3 is 0 Å². The van der Waals surface area contributed by atoms with Crippen molar-refractivity contribution >= 4 is 15.9 Å². The van der Waals surface area contributed by atoms with Gasteiger partial charge in [0.1, 0.15) is 0 Å². The van der Waals surface area contributed by atoms with Crippen molar-refractivity contribution in [3.63, 3.8) is 0 Å². The van der Waals surface area contributed by atoms with E-state index in [9.17, 15) is 13.2 Å². The molecule has 0 bridgehead atoms. The van der Waals surface area contributed by atoms with E-state index in [0.29, 0.717) is 19.4 Å². The smallest absolute Gasteiger partial charge is 0.240 e. The van der Waals surface area contributed by atoms with Crippen LogP contribution in [0.1, 0.15) is 39.0 Å². The molecular weight excluding hydrogens is 240 g/mol. The Morgan fingerprint density at radius 2 is 2.18 bits per heavy atom. The summed E-state index contributed by atoms with van der Waals surface area (Å²) in [6.07, 6.45) is 3.72. The van der Waals surface area contributed by atoms with E-state index < -0.39 is 15.4 Å². The summed E-state index contributed by atoms with van der Waals surface area (Å²) >= 11 is 0. The van der Waals surface area contributed by atoms with E-state index in [0.717, 1.165) is 25.8 Å². The molecule has 0 aromatic carbocycles. The molecule has 2 rings (SSSR count). The molecule has 0 spiro atoms. The zero-order chi connectivity index (χ0) is 12.5. The SMILES string of the molecule is CCCC1(C(=O)NS(=O)(=O)C2CC2)CCNC1. The van der Waals surface area contributed by atoms with E-state index in [4.69, 9.17) is 0 Å². The molecule has 0 radical (unpaired) electrons. The molecule has 98 valence electrons. The van der Waals surface area contributed by atoms with Gasteiger partial charge in [-0.1, -0.05) is 13.3 Å². The van der Waals surface area contributed by atoms with Gasteiger partial charge in [0.2, 0.25) is 15.9 Å². The van der Waals surface area contributed by atoms with Crippen LogP contribution >= 0.6 is 0 Å². The lowest BCUT2D eigenvalue weighted by molar-refractivity contribution is -0.128. The van der Waals surface area contributed by atoms with E-state index in [-0.39, 0.29) is 11.2 Å². The number of amides is 1. The van der Waals surface area contributed by atoms with Crippen molar-refractivity contribution in [1.82, 2.24) is 10.0 Å². The number of nitrogens with one attached hydrogen (secondary N) is 2. The van der Waals surface area contributed by atoms with Crippen LogP contribution in [0.4, 0.5) is 0 Å². The molecule has 2 N–H and O–H groups in total. The second-order valence-electron chi connectivity index (χ2n) is 5.13. The fourth-order valence-electron chi connectivity index (χ4n) is 2.44. The molecule has 6 heteroatoms. The number of carbonyl (C=O) groups excluding carboxylic acids is 1. The van der Waals surface area contributed by atoms with Crippen molar-refractivity contribution in [2.24, 2.45) is 5.41 Å². The molecule has 1 atom stereocenters. The average Bonchev–Trinajstić information content (AvgIpc) is 3.01. The van der Waals surface area contributed by atoms with Gasteiger partial charge in [-0.05, 0) is 32.2 Å². The topological polar surface area (TPSA) is 75.3 Å². The number of carbonyl (C=O) groups is 1. The highest BCUT2D eigenvalue weighted by Gasteiger charge is 2.44. The molecule has 1 saturated carbocycles. The van der Waals surface area contributed by atoms with Crippen LogP contribution in [0, 0.1) is 5.41 Å². The van der Waals surface area contributed by atoms with Crippen LogP contribution in [-0.2, 0) is 14.8 Å². The summed E-state index contributed by atoms with van der Waals surface area (Å²) in [6, 6.07) is 0. The molecule has 1 heterocycles. The lowest BCUT2D eigenvalue weighted by Gasteiger charge is -2.26. The normalized spacial score (nSPS) is 29.2. The Labute approximate surface area is 102 Å². The lowest BCUT2D eigenvalue weighted by Crippen LogP contribution is -2.46. The second kappa shape index (κ2) is 4.57. The fourth-order valence-corrected chi connectivity index (χ4v) is 3.84. The van der Waals surface area contributed by atoms with Gasteiger partial charge in [0.15, 0.2) is 0 Å². The largest absolute Gasteiger partial charge is 0.316 e. The first kappa shape index (κ1) is 12.8. The van der Waals surface area contributed by atoms with E-state index in [1.54, 1.807) is 0 Å². The third-order valence-electron chi connectivity index (χ3n) is 3.65. The number of hydrogen-bond acceptors (Lipinski definition) is 4. The van der Waals surface area contributed by atoms with Crippen molar-refractivity contribution in [2.45, 2.75) is 44.3 Å². The summed E-state index contributed by atoms with van der Waals surface area (Å²) in [4.78, 5) is 12.2. The predicted octanol–water partition coefficient (Wildman–Crippen LogP) is 0.375. The van der Waals surface area contributed by atoms with Gasteiger partial charge in [0.25, 0.3) is 0 Å². The minimum absolute atomic E-state index is 0.309. The summed E-state index contributed by atoms with van der Waals surface area (Å²) in [7, 11) is -3.41. The van der Waals surface area contributed by atoms with Crippen molar-refractivity contribution in [3.8, 4) is 0 Å². The highest BCUT2D eigenvalue weighted by molar-refractivity contribution is 7.90. The molecular formula is C11H20N2O3S. The van der Waals surface area contributed by atoms with Crippen molar-refractivity contribution in [3.05, 3.63) is 0 Å². The summed E-state index contributed by atoms with van der Waals surface area (Å²) in [5.41, 5.74) is -0.517. The molecule has 1 amide bonds. The fraction of sp³-hybridized carbons (Fsp3) is 0.909. The first-order valence-corrected chi connectivity index (χ1v) is 7.81. The summed E-state index contributed by atoms with van der Waals surface area (Å²) < 4.78 is 25.8. The van der Waals surface area contributed by atoms with Crippen LogP contribution in [0.25, 0.3) is 0 Å². The Bertz CT molecular complexity index is 395. The molecule has 2 aliphatic rings. The Morgan fingerprint density at radius 3 is 2.65 bits per heavy atom. The molecule has 2 fully saturated rings. The first-order valence-electron chi connectivity index (χ1n) is 6.27. The van der Waals surface area contributed by atoms with Gasteiger partial charge in [-0.25, -0.2) is 8.42 Å². The maximum atomic E-state index is 12.2. The summed E-state index contributed by atoms with van der Waals surface area (Å²) in [5.74, 6) is -0.309. The highest BCUT2D eigenvalue weighted by Crippen LogP contribution is 2.33. The Balaban J connectivity index is 2.06. The van der Waals surface area contributed by atoms with E-state index in [1.165, 1.54) is 0 Å². The molecule has 0 aromatic rings. The van der Waals surface area contributed by atoms with Crippen LogP contribution in [0.2, 0.25) is 0 Å². The summed E-state index contributed by atoms with van der Waals surface area (Å²) in [5, 5.41) is 2.82. The molecule has 1 aliphatic carbocycles. The van der Waals surface area contributed by atoms with Crippen molar-refractivity contribution in [1.29, 1.82) is 0 Å². The average molecular weight is 260 g/mol. The summed E-state index contributed by atoms with van der Waals surface area (Å²) in [6.45, 7) is 3.40.